The van der Waals surface area contributed by atoms with Crippen molar-refractivity contribution in [1.29, 1.82) is 0 Å². The summed E-state index contributed by atoms with van der Waals surface area (Å²) in [6.45, 7) is -0.267. The average Bonchev–Trinajstić information content (AvgIpc) is 3.14. The van der Waals surface area contributed by atoms with Gasteiger partial charge in [0, 0.05) is 12.1 Å². The van der Waals surface area contributed by atoms with Crippen LogP contribution in [0.15, 0.2) is 12.1 Å². The topological polar surface area (TPSA) is 123 Å². The molecule has 3 aliphatic rings. The number of anilines is 2. The van der Waals surface area contributed by atoms with Gasteiger partial charge in [0.15, 0.2) is 11.5 Å². The fraction of sp³-hybridized carbons (Fsp3) is 0.471. The van der Waals surface area contributed by atoms with Gasteiger partial charge in [-0.2, -0.15) is 0 Å². The van der Waals surface area contributed by atoms with Crippen molar-refractivity contribution in [3.05, 3.63) is 12.1 Å². The van der Waals surface area contributed by atoms with E-state index < -0.39 is 17.5 Å². The molecule has 1 aliphatic carbocycles. The molecule has 9 nitrogen and oxygen atoms in total. The Kier molecular flexibility index (Phi) is 3.86. The van der Waals surface area contributed by atoms with E-state index in [1.54, 1.807) is 12.1 Å². The van der Waals surface area contributed by atoms with Crippen molar-refractivity contribution in [3.63, 3.8) is 0 Å². The Morgan fingerprint density at radius 1 is 1.19 bits per heavy atom. The molecule has 0 bridgehead atoms. The third kappa shape index (κ3) is 2.69. The summed E-state index contributed by atoms with van der Waals surface area (Å²) in [5.74, 6) is 0.155. The Balaban J connectivity index is 1.45. The van der Waals surface area contributed by atoms with E-state index >= 15 is 0 Å². The zero-order valence-electron chi connectivity index (χ0n) is 14.2. The molecule has 0 aromatic heterocycles. The van der Waals surface area contributed by atoms with E-state index in [0.717, 1.165) is 24.2 Å². The number of nitrogens with two attached hydrogens (primary N) is 1. The number of carbonyl (C=O) groups excluding carboxylic acids is 3. The number of amides is 4. The van der Waals surface area contributed by atoms with Gasteiger partial charge in [-0.1, -0.05) is 19.3 Å². The summed E-state index contributed by atoms with van der Waals surface area (Å²) in [6, 6.07) is 2.60. The molecule has 4 rings (SSSR count). The van der Waals surface area contributed by atoms with E-state index in [2.05, 4.69) is 10.6 Å². The van der Waals surface area contributed by atoms with Crippen molar-refractivity contribution in [2.24, 2.45) is 0 Å². The second kappa shape index (κ2) is 6.08. The van der Waals surface area contributed by atoms with Crippen LogP contribution in [-0.4, -0.2) is 41.6 Å². The molecule has 1 aromatic carbocycles. The first kappa shape index (κ1) is 16.5. The smallest absolute Gasteiger partial charge is 0.325 e. The highest BCUT2D eigenvalue weighted by Crippen LogP contribution is 2.38. The van der Waals surface area contributed by atoms with Crippen LogP contribution in [0.2, 0.25) is 0 Å². The van der Waals surface area contributed by atoms with Crippen LogP contribution in [0.1, 0.15) is 32.1 Å². The van der Waals surface area contributed by atoms with Crippen LogP contribution in [0.4, 0.5) is 16.2 Å². The summed E-state index contributed by atoms with van der Waals surface area (Å²) in [5.41, 5.74) is 5.72. The number of fused-ring (bicyclic) bond motifs is 1. The first-order valence-corrected chi connectivity index (χ1v) is 8.62. The maximum atomic E-state index is 12.7. The summed E-state index contributed by atoms with van der Waals surface area (Å²) in [6.07, 6.45) is 4.06. The maximum Gasteiger partial charge on any atom is 0.325 e. The fourth-order valence-electron chi connectivity index (χ4n) is 3.71. The van der Waals surface area contributed by atoms with Gasteiger partial charge < -0.3 is 25.8 Å². The molecule has 1 aromatic rings. The number of benzene rings is 1. The minimum Gasteiger partial charge on any atom is -0.454 e. The SMILES string of the molecule is Nc1cc2c(cc1NC(=O)CN1C(=O)NC3(CCCCC3)C1=O)OCO2. The lowest BCUT2D eigenvalue weighted by Crippen LogP contribution is -2.48. The molecule has 2 heterocycles. The summed E-state index contributed by atoms with van der Waals surface area (Å²) < 4.78 is 10.5. The second-order valence-corrected chi connectivity index (χ2v) is 6.81. The van der Waals surface area contributed by atoms with Gasteiger partial charge in [0.2, 0.25) is 12.7 Å². The zero-order valence-corrected chi connectivity index (χ0v) is 14.2. The van der Waals surface area contributed by atoms with Gasteiger partial charge in [0.25, 0.3) is 5.91 Å². The Bertz CT molecular complexity index is 788. The lowest BCUT2D eigenvalue weighted by Gasteiger charge is -2.30. The van der Waals surface area contributed by atoms with Crippen LogP contribution in [0.3, 0.4) is 0 Å². The third-order valence-corrected chi connectivity index (χ3v) is 5.07. The van der Waals surface area contributed by atoms with Gasteiger partial charge in [0.05, 0.1) is 11.4 Å². The number of hydrogen-bond acceptors (Lipinski definition) is 6. The number of hydrogen-bond donors (Lipinski definition) is 3. The van der Waals surface area contributed by atoms with Crippen molar-refractivity contribution in [2.45, 2.75) is 37.6 Å². The van der Waals surface area contributed by atoms with Crippen molar-refractivity contribution in [3.8, 4) is 11.5 Å². The molecule has 1 spiro atoms. The van der Waals surface area contributed by atoms with Crippen LogP contribution in [0, 0.1) is 0 Å². The molecule has 4 N–H and O–H groups in total. The number of rotatable bonds is 3. The van der Waals surface area contributed by atoms with Gasteiger partial charge in [-0.15, -0.1) is 0 Å². The second-order valence-electron chi connectivity index (χ2n) is 6.81. The maximum absolute atomic E-state index is 12.7. The molecule has 0 unspecified atom stereocenters. The largest absolute Gasteiger partial charge is 0.454 e. The van der Waals surface area contributed by atoms with Gasteiger partial charge in [-0.25, -0.2) is 4.79 Å². The van der Waals surface area contributed by atoms with E-state index in [-0.39, 0.29) is 19.2 Å². The summed E-state index contributed by atoms with van der Waals surface area (Å²) in [7, 11) is 0. The zero-order chi connectivity index (χ0) is 18.3. The average molecular weight is 360 g/mol. The van der Waals surface area contributed by atoms with Crippen LogP contribution in [0.25, 0.3) is 0 Å². The van der Waals surface area contributed by atoms with E-state index in [1.165, 1.54) is 0 Å². The highest BCUT2D eigenvalue weighted by Gasteiger charge is 2.51. The summed E-state index contributed by atoms with van der Waals surface area (Å²) in [4.78, 5) is 38.3. The van der Waals surface area contributed by atoms with Crippen LogP contribution < -0.4 is 25.8 Å². The number of nitrogen functional groups attached to an aromatic ring is 1. The predicted octanol–water partition coefficient (Wildman–Crippen LogP) is 1.19. The van der Waals surface area contributed by atoms with Crippen molar-refractivity contribution in [1.82, 2.24) is 10.2 Å². The third-order valence-electron chi connectivity index (χ3n) is 5.07. The van der Waals surface area contributed by atoms with E-state index in [9.17, 15) is 14.4 Å². The molecule has 9 heteroatoms. The van der Waals surface area contributed by atoms with Gasteiger partial charge in [0.1, 0.15) is 12.1 Å². The van der Waals surface area contributed by atoms with Gasteiger partial charge in [-0.3, -0.25) is 14.5 Å². The lowest BCUT2D eigenvalue weighted by atomic mass is 9.82. The molecule has 26 heavy (non-hydrogen) atoms. The minimum atomic E-state index is -0.840. The molecule has 2 fully saturated rings. The minimum absolute atomic E-state index is 0.0940. The molecular formula is C17H20N4O5. The molecule has 0 radical (unpaired) electrons. The number of urea groups is 1. The summed E-state index contributed by atoms with van der Waals surface area (Å²) in [5, 5.41) is 5.41. The summed E-state index contributed by atoms with van der Waals surface area (Å²) >= 11 is 0. The van der Waals surface area contributed by atoms with Crippen LogP contribution >= 0.6 is 0 Å². The molecule has 4 amide bonds. The molecular weight excluding hydrogens is 340 g/mol. The number of nitrogens with one attached hydrogen (secondary N) is 2. The van der Waals surface area contributed by atoms with Crippen molar-refractivity contribution in [2.75, 3.05) is 24.4 Å². The van der Waals surface area contributed by atoms with E-state index in [0.29, 0.717) is 35.7 Å². The first-order chi connectivity index (χ1) is 12.5. The Hall–Kier alpha value is -2.97. The normalized spacial score (nSPS) is 20.4. The van der Waals surface area contributed by atoms with Crippen molar-refractivity contribution < 1.29 is 23.9 Å². The van der Waals surface area contributed by atoms with Gasteiger partial charge in [-0.05, 0) is 12.8 Å². The predicted molar refractivity (Wildman–Crippen MR) is 91.7 cm³/mol. The monoisotopic (exact) mass is 360 g/mol. The van der Waals surface area contributed by atoms with Gasteiger partial charge >= 0.3 is 6.03 Å². The standard InChI is InChI=1S/C17H20N4O5/c18-10-6-12-13(26-9-25-12)7-11(10)19-14(22)8-21-15(23)17(20-16(21)24)4-2-1-3-5-17/h6-7H,1-5,8-9,18H2,(H,19,22)(H,20,24). The van der Waals surface area contributed by atoms with E-state index in [4.69, 9.17) is 15.2 Å². The Morgan fingerprint density at radius 2 is 1.88 bits per heavy atom. The van der Waals surface area contributed by atoms with Crippen molar-refractivity contribution >= 4 is 29.2 Å². The molecule has 1 saturated carbocycles. The molecule has 138 valence electrons. The Morgan fingerprint density at radius 3 is 2.62 bits per heavy atom. The number of ether oxygens (including phenoxy) is 2. The number of nitrogens with zero attached hydrogens (tertiary/aromatic N) is 1. The van der Waals surface area contributed by atoms with E-state index in [1.807, 2.05) is 0 Å². The highest BCUT2D eigenvalue weighted by atomic mass is 16.7. The number of carbonyl (C=O) groups is 3. The number of imide groups is 1. The van der Waals surface area contributed by atoms with Crippen LogP contribution in [0.5, 0.6) is 11.5 Å². The first-order valence-electron chi connectivity index (χ1n) is 8.62. The fourth-order valence-corrected chi connectivity index (χ4v) is 3.71. The lowest BCUT2D eigenvalue weighted by molar-refractivity contribution is -0.134. The Labute approximate surface area is 149 Å². The quantitative estimate of drug-likeness (QED) is 0.550. The molecule has 2 aliphatic heterocycles. The molecule has 1 saturated heterocycles. The highest BCUT2D eigenvalue weighted by molar-refractivity contribution is 6.10. The van der Waals surface area contributed by atoms with Crippen LogP contribution in [-0.2, 0) is 9.59 Å². The molecule has 0 atom stereocenters.